The van der Waals surface area contributed by atoms with Gasteiger partial charge in [-0.15, -0.1) is 0 Å². The van der Waals surface area contributed by atoms with E-state index in [0.717, 1.165) is 56.0 Å². The lowest BCUT2D eigenvalue weighted by atomic mass is 9.98. The molecule has 1 amide bonds. The minimum Gasteiger partial charge on any atom is -0.493 e. The van der Waals surface area contributed by atoms with Gasteiger partial charge in [-0.25, -0.2) is 0 Å². The average Bonchev–Trinajstić information content (AvgIpc) is 3.48. The van der Waals surface area contributed by atoms with Gasteiger partial charge in [-0.2, -0.15) is 11.3 Å². The second-order valence-corrected chi connectivity index (χ2v) is 9.05. The molecule has 7 heteroatoms. The molecule has 0 unspecified atom stereocenters. The number of carbonyl (C=O) groups excluding carboxylic acids is 1. The predicted octanol–water partition coefficient (Wildman–Crippen LogP) is 4.23. The summed E-state index contributed by atoms with van der Waals surface area (Å²) < 4.78 is 10.9. The van der Waals surface area contributed by atoms with Gasteiger partial charge in [-0.05, 0) is 60.0 Å². The van der Waals surface area contributed by atoms with Crippen LogP contribution in [0.25, 0.3) is 0 Å². The second kappa shape index (κ2) is 10.6. The highest BCUT2D eigenvalue weighted by Crippen LogP contribution is 2.21. The summed E-state index contributed by atoms with van der Waals surface area (Å²) in [5.41, 5.74) is 3.26. The van der Waals surface area contributed by atoms with Crippen LogP contribution >= 0.6 is 11.3 Å². The molecule has 0 aliphatic carbocycles. The normalized spacial score (nSPS) is 16.6. The maximum absolute atomic E-state index is 12.6. The molecule has 0 N–H and O–H groups in total. The van der Waals surface area contributed by atoms with Gasteiger partial charge in [0.2, 0.25) is 5.91 Å². The van der Waals surface area contributed by atoms with Crippen molar-refractivity contribution in [3.63, 3.8) is 0 Å². The number of ether oxygens (including phenoxy) is 1. The van der Waals surface area contributed by atoms with Gasteiger partial charge in [0.05, 0.1) is 18.7 Å². The molecule has 4 rings (SSSR count). The SMILES string of the molecule is CN(Cc1ccc(OC[C@H]2CCCN(C(=O)Cc3ccsc3)C2)cc1)Cc1ccon1. The van der Waals surface area contributed by atoms with Crippen LogP contribution in [0.15, 0.2) is 57.9 Å². The number of hydrogen-bond acceptors (Lipinski definition) is 6. The quantitative estimate of drug-likeness (QED) is 0.499. The number of thiophene rings is 1. The summed E-state index contributed by atoms with van der Waals surface area (Å²) in [6.45, 7) is 3.87. The number of rotatable bonds is 9. The van der Waals surface area contributed by atoms with Crippen LogP contribution < -0.4 is 4.74 Å². The Balaban J connectivity index is 1.21. The highest BCUT2D eigenvalue weighted by molar-refractivity contribution is 7.08. The Bertz CT molecular complexity index is 926. The van der Waals surface area contributed by atoms with Gasteiger partial charge in [0.1, 0.15) is 12.0 Å². The molecule has 6 nitrogen and oxygen atoms in total. The molecule has 31 heavy (non-hydrogen) atoms. The number of aromatic nitrogens is 1. The molecule has 3 aromatic rings. The van der Waals surface area contributed by atoms with Gasteiger partial charge in [-0.1, -0.05) is 17.3 Å². The Morgan fingerprint density at radius 1 is 1.23 bits per heavy atom. The van der Waals surface area contributed by atoms with Gasteiger partial charge >= 0.3 is 0 Å². The van der Waals surface area contributed by atoms with Crippen LogP contribution in [-0.4, -0.2) is 47.6 Å². The summed E-state index contributed by atoms with van der Waals surface area (Å²) in [6, 6.07) is 12.2. The first kappa shape index (κ1) is 21.6. The van der Waals surface area contributed by atoms with Crippen LogP contribution in [0.2, 0.25) is 0 Å². The van der Waals surface area contributed by atoms with Gasteiger partial charge < -0.3 is 14.2 Å². The van der Waals surface area contributed by atoms with Crippen molar-refractivity contribution in [2.45, 2.75) is 32.4 Å². The van der Waals surface area contributed by atoms with E-state index in [-0.39, 0.29) is 5.91 Å². The summed E-state index contributed by atoms with van der Waals surface area (Å²) in [4.78, 5) is 16.8. The van der Waals surface area contributed by atoms with E-state index >= 15 is 0 Å². The molecular formula is C24H29N3O3S. The Morgan fingerprint density at radius 2 is 2.10 bits per heavy atom. The first-order valence-electron chi connectivity index (χ1n) is 10.7. The Labute approximate surface area is 187 Å². The number of amides is 1. The van der Waals surface area contributed by atoms with E-state index in [2.05, 4.69) is 34.6 Å². The minimum atomic E-state index is 0.224. The standard InChI is InChI=1S/C24H29N3O3S/c1-26(16-22-8-11-30-25-22)14-19-4-6-23(7-5-19)29-17-21-3-2-10-27(15-21)24(28)13-20-9-12-31-18-20/h4-9,11-12,18,21H,2-3,10,13-17H2,1H3/t21-/m0/s1. The van der Waals surface area contributed by atoms with Crippen LogP contribution in [0, 0.1) is 5.92 Å². The smallest absolute Gasteiger partial charge is 0.227 e. The number of hydrogen-bond donors (Lipinski definition) is 0. The maximum atomic E-state index is 12.6. The molecule has 1 aromatic carbocycles. The zero-order chi connectivity index (χ0) is 21.5. The van der Waals surface area contributed by atoms with E-state index in [1.807, 2.05) is 34.5 Å². The molecule has 1 saturated heterocycles. The zero-order valence-corrected chi connectivity index (χ0v) is 18.7. The van der Waals surface area contributed by atoms with Crippen LogP contribution in [0.5, 0.6) is 5.75 Å². The molecule has 1 aliphatic rings. The lowest BCUT2D eigenvalue weighted by Crippen LogP contribution is -2.42. The third-order valence-corrected chi connectivity index (χ3v) is 6.32. The molecule has 1 aliphatic heterocycles. The van der Waals surface area contributed by atoms with Crippen LogP contribution in [0.3, 0.4) is 0 Å². The second-order valence-electron chi connectivity index (χ2n) is 8.27. The molecular weight excluding hydrogens is 410 g/mol. The molecule has 3 heterocycles. The molecule has 1 atom stereocenters. The van der Waals surface area contributed by atoms with Crippen molar-refractivity contribution in [1.82, 2.24) is 15.0 Å². The number of likely N-dealkylation sites (tertiary alicyclic amines) is 1. The molecule has 0 spiro atoms. The fourth-order valence-electron chi connectivity index (χ4n) is 3.98. The Kier molecular flexibility index (Phi) is 7.38. The van der Waals surface area contributed by atoms with Gasteiger partial charge in [0.25, 0.3) is 0 Å². The van der Waals surface area contributed by atoms with Crippen molar-refractivity contribution in [2.75, 3.05) is 26.7 Å². The number of piperidine rings is 1. The van der Waals surface area contributed by atoms with Crippen LogP contribution in [0.4, 0.5) is 0 Å². The summed E-state index contributed by atoms with van der Waals surface area (Å²) >= 11 is 1.64. The van der Waals surface area contributed by atoms with E-state index in [1.54, 1.807) is 17.6 Å². The largest absolute Gasteiger partial charge is 0.493 e. The number of benzene rings is 1. The third kappa shape index (κ3) is 6.42. The van der Waals surface area contributed by atoms with E-state index in [0.29, 0.717) is 18.9 Å². The fourth-order valence-corrected chi connectivity index (χ4v) is 4.64. The summed E-state index contributed by atoms with van der Waals surface area (Å²) in [6.07, 6.45) is 4.25. The maximum Gasteiger partial charge on any atom is 0.227 e. The number of nitrogens with zero attached hydrogens (tertiary/aromatic N) is 3. The van der Waals surface area contributed by atoms with E-state index < -0.39 is 0 Å². The van der Waals surface area contributed by atoms with Crippen LogP contribution in [-0.2, 0) is 24.3 Å². The van der Waals surface area contributed by atoms with Gasteiger partial charge in [0, 0.05) is 38.2 Å². The van der Waals surface area contributed by atoms with E-state index in [4.69, 9.17) is 9.26 Å². The van der Waals surface area contributed by atoms with Crippen molar-refractivity contribution in [2.24, 2.45) is 5.92 Å². The highest BCUT2D eigenvalue weighted by Gasteiger charge is 2.24. The predicted molar refractivity (Wildman–Crippen MR) is 121 cm³/mol. The van der Waals surface area contributed by atoms with E-state index in [1.165, 1.54) is 5.56 Å². The van der Waals surface area contributed by atoms with Gasteiger partial charge in [-0.3, -0.25) is 9.69 Å². The van der Waals surface area contributed by atoms with Crippen molar-refractivity contribution < 1.29 is 14.1 Å². The zero-order valence-electron chi connectivity index (χ0n) is 17.9. The summed E-state index contributed by atoms with van der Waals surface area (Å²) in [5.74, 6) is 1.49. The van der Waals surface area contributed by atoms with Crippen molar-refractivity contribution in [3.8, 4) is 5.75 Å². The van der Waals surface area contributed by atoms with Gasteiger partial charge in [0.15, 0.2) is 0 Å². The Hall–Kier alpha value is -2.64. The molecule has 0 bridgehead atoms. The molecule has 0 radical (unpaired) electrons. The lowest BCUT2D eigenvalue weighted by Gasteiger charge is -2.32. The van der Waals surface area contributed by atoms with Crippen molar-refractivity contribution in [3.05, 3.63) is 70.2 Å². The van der Waals surface area contributed by atoms with Crippen molar-refractivity contribution >= 4 is 17.2 Å². The lowest BCUT2D eigenvalue weighted by molar-refractivity contribution is -0.132. The monoisotopic (exact) mass is 439 g/mol. The third-order valence-electron chi connectivity index (χ3n) is 5.59. The fraction of sp³-hybridized carbons (Fsp3) is 0.417. The molecule has 0 saturated carbocycles. The molecule has 164 valence electrons. The van der Waals surface area contributed by atoms with Crippen molar-refractivity contribution in [1.29, 1.82) is 0 Å². The summed E-state index contributed by atoms with van der Waals surface area (Å²) in [7, 11) is 2.06. The molecule has 2 aromatic heterocycles. The molecule has 1 fully saturated rings. The Morgan fingerprint density at radius 3 is 2.84 bits per heavy atom. The van der Waals surface area contributed by atoms with Crippen LogP contribution in [0.1, 0.15) is 29.7 Å². The highest BCUT2D eigenvalue weighted by atomic mass is 32.1. The first-order valence-corrected chi connectivity index (χ1v) is 11.7. The first-order chi connectivity index (χ1) is 15.2. The van der Waals surface area contributed by atoms with E-state index in [9.17, 15) is 4.79 Å². The topological polar surface area (TPSA) is 58.8 Å². The average molecular weight is 440 g/mol. The summed E-state index contributed by atoms with van der Waals surface area (Å²) in [5, 5.41) is 8.03. The minimum absolute atomic E-state index is 0.224. The number of carbonyl (C=O) groups is 1.